The molecule has 0 radical (unpaired) electrons. The van der Waals surface area contributed by atoms with Gasteiger partial charge in [-0.05, 0) is 25.1 Å². The summed E-state index contributed by atoms with van der Waals surface area (Å²) in [6, 6.07) is 13.0. The molecule has 0 saturated heterocycles. The Morgan fingerprint density at radius 2 is 1.95 bits per heavy atom. The van der Waals surface area contributed by atoms with Crippen LogP contribution in [0.1, 0.15) is 21.7 Å². The molecule has 112 valence electrons. The fourth-order valence-electron chi connectivity index (χ4n) is 2.46. The number of carbonyl (C=O) groups is 1. The first-order valence-corrected chi connectivity index (χ1v) is 7.41. The van der Waals surface area contributed by atoms with Crippen molar-refractivity contribution in [3.8, 4) is 0 Å². The maximum absolute atomic E-state index is 12.5. The van der Waals surface area contributed by atoms with Gasteiger partial charge in [0.1, 0.15) is 5.82 Å². The van der Waals surface area contributed by atoms with Crippen LogP contribution in [0.5, 0.6) is 0 Å². The lowest BCUT2D eigenvalue weighted by molar-refractivity contribution is 0.0972. The van der Waals surface area contributed by atoms with Gasteiger partial charge in [0.2, 0.25) is 0 Å². The fourth-order valence-corrected chi connectivity index (χ4v) is 2.63. The SMILES string of the molecule is Cc1ccc(C(=O)Cn2c(CN)nc3cc(Cl)ccc32)cc1. The van der Waals surface area contributed by atoms with Crippen LogP contribution in [0.2, 0.25) is 5.02 Å². The lowest BCUT2D eigenvalue weighted by Crippen LogP contribution is -2.15. The minimum Gasteiger partial charge on any atom is -0.324 e. The number of nitrogens with zero attached hydrogens (tertiary/aromatic N) is 2. The van der Waals surface area contributed by atoms with Gasteiger partial charge in [0.25, 0.3) is 0 Å². The lowest BCUT2D eigenvalue weighted by atomic mass is 10.1. The molecule has 0 aliphatic rings. The summed E-state index contributed by atoms with van der Waals surface area (Å²) in [6.07, 6.45) is 0. The lowest BCUT2D eigenvalue weighted by Gasteiger charge is -2.08. The monoisotopic (exact) mass is 313 g/mol. The second-order valence-corrected chi connectivity index (χ2v) is 5.68. The van der Waals surface area contributed by atoms with E-state index >= 15 is 0 Å². The molecule has 2 aromatic carbocycles. The first kappa shape index (κ1) is 14.8. The van der Waals surface area contributed by atoms with Crippen LogP contribution in [0.15, 0.2) is 42.5 Å². The minimum absolute atomic E-state index is 0.0314. The molecule has 0 spiro atoms. The zero-order valence-corrected chi connectivity index (χ0v) is 13.0. The topological polar surface area (TPSA) is 60.9 Å². The van der Waals surface area contributed by atoms with Crippen molar-refractivity contribution in [3.63, 3.8) is 0 Å². The number of halogens is 1. The number of ketones is 1. The number of Topliss-reactive ketones (excluding diaryl/α,β-unsaturated/α-hetero) is 1. The number of aryl methyl sites for hydroxylation is 1. The maximum Gasteiger partial charge on any atom is 0.182 e. The molecule has 0 fully saturated rings. The average molecular weight is 314 g/mol. The van der Waals surface area contributed by atoms with Crippen molar-refractivity contribution in [3.05, 3.63) is 64.4 Å². The van der Waals surface area contributed by atoms with Crippen LogP contribution in [-0.4, -0.2) is 15.3 Å². The molecular weight excluding hydrogens is 298 g/mol. The van der Waals surface area contributed by atoms with Crippen LogP contribution in [0.25, 0.3) is 11.0 Å². The summed E-state index contributed by atoms with van der Waals surface area (Å²) in [6.45, 7) is 2.48. The third-order valence-electron chi connectivity index (χ3n) is 3.65. The second kappa shape index (κ2) is 5.91. The number of hydrogen-bond acceptors (Lipinski definition) is 3. The van der Waals surface area contributed by atoms with Gasteiger partial charge in [-0.3, -0.25) is 4.79 Å². The fraction of sp³-hybridized carbons (Fsp3) is 0.176. The van der Waals surface area contributed by atoms with E-state index in [9.17, 15) is 4.79 Å². The van der Waals surface area contributed by atoms with Crippen LogP contribution in [0.4, 0.5) is 0 Å². The van der Waals surface area contributed by atoms with E-state index in [1.165, 1.54) is 0 Å². The molecule has 3 aromatic rings. The Morgan fingerprint density at radius 1 is 1.23 bits per heavy atom. The van der Waals surface area contributed by atoms with Gasteiger partial charge in [0.15, 0.2) is 5.78 Å². The second-order valence-electron chi connectivity index (χ2n) is 5.24. The zero-order chi connectivity index (χ0) is 15.7. The molecule has 0 aliphatic heterocycles. The normalized spacial score (nSPS) is 11.0. The van der Waals surface area contributed by atoms with Gasteiger partial charge in [-0.25, -0.2) is 4.98 Å². The highest BCUT2D eigenvalue weighted by molar-refractivity contribution is 6.31. The van der Waals surface area contributed by atoms with Gasteiger partial charge >= 0.3 is 0 Å². The molecule has 0 unspecified atom stereocenters. The summed E-state index contributed by atoms with van der Waals surface area (Å²) in [4.78, 5) is 16.9. The van der Waals surface area contributed by atoms with E-state index in [1.807, 2.05) is 41.8 Å². The quantitative estimate of drug-likeness (QED) is 0.751. The Bertz CT molecular complexity index is 837. The van der Waals surface area contributed by atoms with Crippen molar-refractivity contribution in [2.24, 2.45) is 5.73 Å². The predicted octanol–water partition coefficient (Wildman–Crippen LogP) is 3.34. The van der Waals surface area contributed by atoms with E-state index in [0.29, 0.717) is 16.4 Å². The third-order valence-corrected chi connectivity index (χ3v) is 3.88. The van der Waals surface area contributed by atoms with Crippen LogP contribution in [0, 0.1) is 6.92 Å². The maximum atomic E-state index is 12.5. The van der Waals surface area contributed by atoms with E-state index in [-0.39, 0.29) is 18.9 Å². The van der Waals surface area contributed by atoms with E-state index in [4.69, 9.17) is 17.3 Å². The number of carbonyl (C=O) groups excluding carboxylic acids is 1. The van der Waals surface area contributed by atoms with Gasteiger partial charge in [-0.1, -0.05) is 41.4 Å². The minimum atomic E-state index is 0.0314. The van der Waals surface area contributed by atoms with Crippen LogP contribution >= 0.6 is 11.6 Å². The molecule has 0 amide bonds. The summed E-state index contributed by atoms with van der Waals surface area (Å²) in [5.74, 6) is 0.710. The first-order chi connectivity index (χ1) is 10.6. The van der Waals surface area contributed by atoms with Gasteiger partial charge < -0.3 is 10.3 Å². The van der Waals surface area contributed by atoms with Crippen molar-refractivity contribution in [2.45, 2.75) is 20.0 Å². The van der Waals surface area contributed by atoms with E-state index in [2.05, 4.69) is 4.98 Å². The van der Waals surface area contributed by atoms with Crippen molar-refractivity contribution < 1.29 is 4.79 Å². The van der Waals surface area contributed by atoms with E-state index in [1.54, 1.807) is 12.1 Å². The summed E-state index contributed by atoms with van der Waals surface area (Å²) >= 11 is 5.99. The van der Waals surface area contributed by atoms with E-state index < -0.39 is 0 Å². The van der Waals surface area contributed by atoms with Crippen LogP contribution < -0.4 is 5.73 Å². The molecular formula is C17H16ClN3O. The average Bonchev–Trinajstić information content (AvgIpc) is 2.84. The molecule has 0 bridgehead atoms. The van der Waals surface area contributed by atoms with Gasteiger partial charge in [0, 0.05) is 10.6 Å². The molecule has 1 aromatic heterocycles. The Balaban J connectivity index is 1.99. The summed E-state index contributed by atoms with van der Waals surface area (Å²) in [5.41, 5.74) is 9.19. The van der Waals surface area contributed by atoms with Crippen LogP contribution in [-0.2, 0) is 13.1 Å². The van der Waals surface area contributed by atoms with Crippen molar-refractivity contribution >= 4 is 28.4 Å². The Hall–Kier alpha value is -2.17. The Labute approximate surface area is 133 Å². The van der Waals surface area contributed by atoms with Gasteiger partial charge in [-0.2, -0.15) is 0 Å². The zero-order valence-electron chi connectivity index (χ0n) is 12.2. The summed E-state index contributed by atoms with van der Waals surface area (Å²) < 4.78 is 1.86. The molecule has 4 nitrogen and oxygen atoms in total. The highest BCUT2D eigenvalue weighted by atomic mass is 35.5. The summed E-state index contributed by atoms with van der Waals surface area (Å²) in [7, 11) is 0. The molecule has 5 heteroatoms. The summed E-state index contributed by atoms with van der Waals surface area (Å²) in [5, 5.41) is 0.616. The van der Waals surface area contributed by atoms with E-state index in [0.717, 1.165) is 16.6 Å². The third kappa shape index (κ3) is 2.75. The molecule has 1 heterocycles. The van der Waals surface area contributed by atoms with Crippen molar-refractivity contribution in [1.29, 1.82) is 0 Å². The van der Waals surface area contributed by atoms with Crippen molar-refractivity contribution in [2.75, 3.05) is 0 Å². The standard InChI is InChI=1S/C17H16ClN3O/c1-11-2-4-12(5-3-11)16(22)10-21-15-7-6-13(18)8-14(15)20-17(21)9-19/h2-8H,9-10,19H2,1H3. The highest BCUT2D eigenvalue weighted by Crippen LogP contribution is 2.21. The number of aromatic nitrogens is 2. The predicted molar refractivity (Wildman–Crippen MR) is 88.1 cm³/mol. The molecule has 0 atom stereocenters. The molecule has 0 aliphatic carbocycles. The smallest absolute Gasteiger partial charge is 0.182 e. The van der Waals surface area contributed by atoms with Crippen molar-refractivity contribution in [1.82, 2.24) is 9.55 Å². The number of benzene rings is 2. The van der Waals surface area contributed by atoms with Gasteiger partial charge in [-0.15, -0.1) is 0 Å². The number of fused-ring (bicyclic) bond motifs is 1. The largest absolute Gasteiger partial charge is 0.324 e. The highest BCUT2D eigenvalue weighted by Gasteiger charge is 2.14. The van der Waals surface area contributed by atoms with Crippen LogP contribution in [0.3, 0.4) is 0 Å². The first-order valence-electron chi connectivity index (χ1n) is 7.03. The molecule has 0 saturated carbocycles. The van der Waals surface area contributed by atoms with Gasteiger partial charge in [0.05, 0.1) is 24.1 Å². The number of nitrogens with two attached hydrogens (primary N) is 1. The molecule has 22 heavy (non-hydrogen) atoms. The molecule has 3 rings (SSSR count). The Kier molecular flexibility index (Phi) is 3.96. The number of imidazole rings is 1. The number of rotatable bonds is 4. The molecule has 2 N–H and O–H groups in total. The number of hydrogen-bond donors (Lipinski definition) is 1. The Morgan fingerprint density at radius 3 is 2.64 bits per heavy atom.